The van der Waals surface area contributed by atoms with Crippen molar-refractivity contribution in [3.63, 3.8) is 0 Å². The molecule has 0 saturated heterocycles. The van der Waals surface area contributed by atoms with Gasteiger partial charge in [-0.1, -0.05) is 46.6 Å². The predicted molar refractivity (Wildman–Crippen MR) is 59.1 cm³/mol. The van der Waals surface area contributed by atoms with Gasteiger partial charge in [0, 0.05) is 5.33 Å². The standard InChI is InChI=1S/C9H10O.C2H5Br/c1-7-2-3-8-5-10-6-9(8)4-7;1-2-3/h2-4H,5-6H2,1H3;2H2,1H3. The molecule has 72 valence electrons. The van der Waals surface area contributed by atoms with Gasteiger partial charge in [0.15, 0.2) is 0 Å². The van der Waals surface area contributed by atoms with Crippen molar-refractivity contribution in [2.45, 2.75) is 27.1 Å². The van der Waals surface area contributed by atoms with Gasteiger partial charge in [0.25, 0.3) is 0 Å². The second-order valence-corrected chi connectivity index (χ2v) is 4.15. The van der Waals surface area contributed by atoms with E-state index >= 15 is 0 Å². The fourth-order valence-electron chi connectivity index (χ4n) is 1.30. The minimum absolute atomic E-state index is 0.801. The van der Waals surface area contributed by atoms with Crippen molar-refractivity contribution in [1.82, 2.24) is 0 Å². The molecule has 0 radical (unpaired) electrons. The second kappa shape index (κ2) is 5.40. The number of ether oxygens (including phenoxy) is 1. The van der Waals surface area contributed by atoms with E-state index in [9.17, 15) is 0 Å². The molecule has 0 saturated carbocycles. The van der Waals surface area contributed by atoms with E-state index in [0.29, 0.717) is 0 Å². The highest BCUT2D eigenvalue weighted by molar-refractivity contribution is 9.09. The van der Waals surface area contributed by atoms with Crippen LogP contribution in [0.4, 0.5) is 0 Å². The summed E-state index contributed by atoms with van der Waals surface area (Å²) in [6.07, 6.45) is 0. The molecule has 13 heavy (non-hydrogen) atoms. The lowest BCUT2D eigenvalue weighted by Gasteiger charge is -1.95. The average molecular weight is 243 g/mol. The van der Waals surface area contributed by atoms with Crippen molar-refractivity contribution < 1.29 is 4.74 Å². The lowest BCUT2D eigenvalue weighted by molar-refractivity contribution is 0.134. The highest BCUT2D eigenvalue weighted by atomic mass is 79.9. The van der Waals surface area contributed by atoms with Gasteiger partial charge in [-0.25, -0.2) is 0 Å². The van der Waals surface area contributed by atoms with Crippen LogP contribution < -0.4 is 0 Å². The molecule has 0 unspecified atom stereocenters. The van der Waals surface area contributed by atoms with Crippen LogP contribution in [0.25, 0.3) is 0 Å². The van der Waals surface area contributed by atoms with Crippen LogP contribution in [-0.4, -0.2) is 5.33 Å². The van der Waals surface area contributed by atoms with Gasteiger partial charge in [0.2, 0.25) is 0 Å². The molecule has 1 aliphatic heterocycles. The Morgan fingerprint density at radius 3 is 2.62 bits per heavy atom. The van der Waals surface area contributed by atoms with Gasteiger partial charge >= 0.3 is 0 Å². The Labute approximate surface area is 88.2 Å². The summed E-state index contributed by atoms with van der Waals surface area (Å²) in [5.41, 5.74) is 4.04. The topological polar surface area (TPSA) is 9.23 Å². The molecule has 1 nitrogen and oxygen atoms in total. The lowest BCUT2D eigenvalue weighted by atomic mass is 10.1. The zero-order chi connectivity index (χ0) is 9.68. The maximum atomic E-state index is 5.27. The maximum absolute atomic E-state index is 5.27. The molecule has 0 N–H and O–H groups in total. The Morgan fingerprint density at radius 1 is 1.31 bits per heavy atom. The largest absolute Gasteiger partial charge is 0.372 e. The van der Waals surface area contributed by atoms with Crippen molar-refractivity contribution in [2.75, 3.05) is 5.33 Å². The fraction of sp³-hybridized carbons (Fsp3) is 0.455. The zero-order valence-electron chi connectivity index (χ0n) is 8.14. The number of aryl methyl sites for hydroxylation is 1. The number of hydrogen-bond acceptors (Lipinski definition) is 1. The molecular weight excluding hydrogens is 228 g/mol. The average Bonchev–Trinajstić information content (AvgIpc) is 2.52. The first-order valence-electron chi connectivity index (χ1n) is 4.50. The first-order chi connectivity index (χ1) is 6.27. The fourth-order valence-corrected chi connectivity index (χ4v) is 1.30. The molecule has 0 aliphatic carbocycles. The Bertz CT molecular complexity index is 271. The van der Waals surface area contributed by atoms with Crippen molar-refractivity contribution in [2.24, 2.45) is 0 Å². The summed E-state index contributed by atoms with van der Waals surface area (Å²) in [4.78, 5) is 0. The minimum atomic E-state index is 0.801. The summed E-state index contributed by atoms with van der Waals surface area (Å²) < 4.78 is 5.27. The summed E-state index contributed by atoms with van der Waals surface area (Å²) in [6, 6.07) is 6.48. The number of benzene rings is 1. The van der Waals surface area contributed by atoms with Crippen molar-refractivity contribution in [3.8, 4) is 0 Å². The van der Waals surface area contributed by atoms with E-state index in [1.807, 2.05) is 6.92 Å². The summed E-state index contributed by atoms with van der Waals surface area (Å²) in [7, 11) is 0. The highest BCUT2D eigenvalue weighted by Crippen LogP contribution is 2.19. The number of halogens is 1. The van der Waals surface area contributed by atoms with Crippen molar-refractivity contribution >= 4 is 15.9 Å². The number of fused-ring (bicyclic) bond motifs is 1. The molecule has 1 heterocycles. The second-order valence-electron chi connectivity index (χ2n) is 3.03. The first-order valence-corrected chi connectivity index (χ1v) is 5.62. The van der Waals surface area contributed by atoms with Crippen molar-refractivity contribution in [1.29, 1.82) is 0 Å². The van der Waals surface area contributed by atoms with Crippen LogP contribution in [0, 0.1) is 6.92 Å². The molecule has 1 aromatic carbocycles. The van der Waals surface area contributed by atoms with Gasteiger partial charge in [0.1, 0.15) is 0 Å². The SMILES string of the molecule is CCBr.Cc1ccc2c(c1)COC2. The van der Waals surface area contributed by atoms with Gasteiger partial charge in [-0.2, -0.15) is 0 Å². The third-order valence-electron chi connectivity index (χ3n) is 1.88. The van der Waals surface area contributed by atoms with Crippen LogP contribution in [0.15, 0.2) is 18.2 Å². The smallest absolute Gasteiger partial charge is 0.0725 e. The predicted octanol–water partition coefficient (Wildman–Crippen LogP) is 3.43. The highest BCUT2D eigenvalue weighted by Gasteiger charge is 2.09. The molecule has 0 spiro atoms. The number of rotatable bonds is 0. The van der Waals surface area contributed by atoms with Crippen LogP contribution in [0.5, 0.6) is 0 Å². The number of hydrogen-bond donors (Lipinski definition) is 0. The quantitative estimate of drug-likeness (QED) is 0.634. The molecule has 2 heteroatoms. The van der Waals surface area contributed by atoms with Gasteiger partial charge < -0.3 is 4.74 Å². The van der Waals surface area contributed by atoms with Crippen molar-refractivity contribution in [3.05, 3.63) is 34.9 Å². The molecule has 2 rings (SSSR count). The third-order valence-corrected chi connectivity index (χ3v) is 1.88. The molecule has 0 bridgehead atoms. The monoisotopic (exact) mass is 242 g/mol. The van der Waals surface area contributed by atoms with E-state index in [1.54, 1.807) is 0 Å². The minimum Gasteiger partial charge on any atom is -0.372 e. The summed E-state index contributed by atoms with van der Waals surface area (Å²) in [6.45, 7) is 5.76. The van der Waals surface area contributed by atoms with E-state index in [2.05, 4.69) is 41.1 Å². The van der Waals surface area contributed by atoms with Gasteiger partial charge in [-0.3, -0.25) is 0 Å². The molecule has 0 amide bonds. The Hall–Kier alpha value is -0.340. The van der Waals surface area contributed by atoms with E-state index in [1.165, 1.54) is 16.7 Å². The van der Waals surface area contributed by atoms with Crippen LogP contribution in [0.1, 0.15) is 23.6 Å². The molecule has 0 fully saturated rings. The Morgan fingerprint density at radius 2 is 1.92 bits per heavy atom. The van der Waals surface area contributed by atoms with Crippen LogP contribution in [0.2, 0.25) is 0 Å². The van der Waals surface area contributed by atoms with Gasteiger partial charge in [0.05, 0.1) is 13.2 Å². The van der Waals surface area contributed by atoms with Crippen LogP contribution >= 0.6 is 15.9 Å². The first kappa shape index (κ1) is 10.7. The number of alkyl halides is 1. The maximum Gasteiger partial charge on any atom is 0.0725 e. The van der Waals surface area contributed by atoms with Crippen LogP contribution in [-0.2, 0) is 18.0 Å². The lowest BCUT2D eigenvalue weighted by Crippen LogP contribution is -1.81. The van der Waals surface area contributed by atoms with Gasteiger partial charge in [-0.15, -0.1) is 0 Å². The summed E-state index contributed by atoms with van der Waals surface area (Å²) in [5.74, 6) is 0. The summed E-state index contributed by atoms with van der Waals surface area (Å²) >= 11 is 3.15. The van der Waals surface area contributed by atoms with Crippen LogP contribution in [0.3, 0.4) is 0 Å². The molecule has 1 aromatic rings. The normalized spacial score (nSPS) is 13.2. The molecule has 0 aromatic heterocycles. The molecule has 0 atom stereocenters. The van der Waals surface area contributed by atoms with E-state index in [0.717, 1.165) is 18.5 Å². The van der Waals surface area contributed by atoms with E-state index in [-0.39, 0.29) is 0 Å². The Kier molecular flexibility index (Phi) is 4.46. The Balaban J connectivity index is 0.000000251. The summed E-state index contributed by atoms with van der Waals surface area (Å²) in [5, 5.41) is 1.06. The van der Waals surface area contributed by atoms with E-state index in [4.69, 9.17) is 4.74 Å². The molecule has 1 aliphatic rings. The molecular formula is C11H15BrO. The zero-order valence-corrected chi connectivity index (χ0v) is 9.73. The third kappa shape index (κ3) is 3.12. The van der Waals surface area contributed by atoms with Gasteiger partial charge in [-0.05, 0) is 18.1 Å². The van der Waals surface area contributed by atoms with E-state index < -0.39 is 0 Å².